The number of hydrogen-bond donors (Lipinski definition) is 2. The van der Waals surface area contributed by atoms with E-state index in [1.165, 1.54) is 0 Å². The Bertz CT molecular complexity index is 1280. The minimum absolute atomic E-state index is 0.228. The van der Waals surface area contributed by atoms with E-state index in [2.05, 4.69) is 20.6 Å². The highest BCUT2D eigenvalue weighted by atomic mass is 16.2. The highest BCUT2D eigenvalue weighted by Crippen LogP contribution is 2.29. The second-order valence-corrected chi connectivity index (χ2v) is 8.55. The lowest BCUT2D eigenvalue weighted by atomic mass is 10.3. The highest BCUT2D eigenvalue weighted by molar-refractivity contribution is 5.85. The van der Waals surface area contributed by atoms with Crippen molar-refractivity contribution in [2.45, 2.75) is 38.3 Å². The smallest absolute Gasteiger partial charge is 0.231 e. The zero-order chi connectivity index (χ0) is 22.2. The van der Waals surface area contributed by atoms with Crippen molar-refractivity contribution < 1.29 is 4.79 Å². The van der Waals surface area contributed by atoms with Crippen LogP contribution in [0.25, 0.3) is 16.9 Å². The van der Waals surface area contributed by atoms with Crippen molar-refractivity contribution in [3.05, 3.63) is 49.3 Å². The summed E-state index contributed by atoms with van der Waals surface area (Å²) in [5.74, 6) is 1.49. The predicted molar refractivity (Wildman–Crippen MR) is 125 cm³/mol. The van der Waals surface area contributed by atoms with Gasteiger partial charge in [0, 0.05) is 55.9 Å². The van der Waals surface area contributed by atoms with E-state index in [4.69, 9.17) is 9.97 Å². The molecule has 1 saturated carbocycles. The molecule has 33 heavy (non-hydrogen) atoms. The minimum atomic E-state index is 0.228. The van der Waals surface area contributed by atoms with Gasteiger partial charge in [-0.05, 0) is 43.5 Å². The average molecular weight is 444 g/mol. The fourth-order valence-electron chi connectivity index (χ4n) is 4.11. The summed E-state index contributed by atoms with van der Waals surface area (Å²) in [6.45, 7) is 2.15. The Morgan fingerprint density at radius 3 is 2.67 bits per heavy atom. The molecule has 0 spiro atoms. The van der Waals surface area contributed by atoms with Crippen molar-refractivity contribution in [2.75, 3.05) is 23.7 Å². The number of anilines is 3. The molecule has 0 unspecified atom stereocenters. The Labute approximate surface area is 190 Å². The molecule has 10 nitrogen and oxygen atoms in total. The van der Waals surface area contributed by atoms with Crippen LogP contribution in [-0.2, 0) is 11.3 Å². The summed E-state index contributed by atoms with van der Waals surface area (Å²) in [7, 11) is 0. The molecular weight excluding hydrogens is 418 g/mol. The SMILES string of the molecule is O=C1CCCN1CCn1cnc2c(NC3CC3)nc(Nc3ccc(-n4ccnc4)cc3)nc21. The number of imidazole rings is 2. The van der Waals surface area contributed by atoms with Crippen molar-refractivity contribution in [3.63, 3.8) is 0 Å². The van der Waals surface area contributed by atoms with Crippen LogP contribution in [0.5, 0.6) is 0 Å². The lowest BCUT2D eigenvalue weighted by Gasteiger charge is -2.16. The van der Waals surface area contributed by atoms with Crippen LogP contribution in [0, 0.1) is 0 Å². The third-order valence-electron chi connectivity index (χ3n) is 6.09. The number of nitrogens with zero attached hydrogens (tertiary/aromatic N) is 7. The molecule has 4 aromatic rings. The first-order valence-corrected chi connectivity index (χ1v) is 11.4. The third-order valence-corrected chi connectivity index (χ3v) is 6.09. The summed E-state index contributed by atoms with van der Waals surface area (Å²) in [5, 5.41) is 6.82. The van der Waals surface area contributed by atoms with E-state index in [9.17, 15) is 4.79 Å². The third kappa shape index (κ3) is 4.11. The quantitative estimate of drug-likeness (QED) is 0.431. The van der Waals surface area contributed by atoms with Crippen LogP contribution in [0.4, 0.5) is 17.5 Å². The van der Waals surface area contributed by atoms with Crippen LogP contribution < -0.4 is 10.6 Å². The van der Waals surface area contributed by atoms with Crippen LogP contribution in [0.1, 0.15) is 25.7 Å². The maximum atomic E-state index is 12.0. The molecule has 1 amide bonds. The first kappa shape index (κ1) is 19.7. The summed E-state index contributed by atoms with van der Waals surface area (Å²) in [6, 6.07) is 8.46. The maximum absolute atomic E-state index is 12.0. The maximum Gasteiger partial charge on any atom is 0.231 e. The van der Waals surface area contributed by atoms with Gasteiger partial charge in [0.05, 0.1) is 12.7 Å². The molecule has 2 N–H and O–H groups in total. The Balaban J connectivity index is 1.27. The molecule has 4 heterocycles. The zero-order valence-electron chi connectivity index (χ0n) is 18.2. The van der Waals surface area contributed by atoms with Gasteiger partial charge >= 0.3 is 0 Å². The van der Waals surface area contributed by atoms with Crippen molar-refractivity contribution in [1.82, 2.24) is 34.0 Å². The molecule has 0 bridgehead atoms. The topological polar surface area (TPSA) is 106 Å². The number of aromatic nitrogens is 6. The second-order valence-electron chi connectivity index (χ2n) is 8.55. The van der Waals surface area contributed by atoms with Gasteiger partial charge in [-0.2, -0.15) is 9.97 Å². The van der Waals surface area contributed by atoms with E-state index in [-0.39, 0.29) is 5.91 Å². The number of hydrogen-bond acceptors (Lipinski definition) is 7. The molecule has 10 heteroatoms. The Hall–Kier alpha value is -3.95. The lowest BCUT2D eigenvalue weighted by Crippen LogP contribution is -2.28. The molecule has 6 rings (SSSR count). The Kier molecular flexibility index (Phi) is 4.89. The number of fused-ring (bicyclic) bond motifs is 1. The number of carbonyl (C=O) groups is 1. The van der Waals surface area contributed by atoms with E-state index in [0.29, 0.717) is 31.5 Å². The van der Waals surface area contributed by atoms with E-state index in [0.717, 1.165) is 54.2 Å². The summed E-state index contributed by atoms with van der Waals surface area (Å²) < 4.78 is 3.96. The first-order valence-electron chi connectivity index (χ1n) is 11.4. The molecule has 1 aromatic carbocycles. The van der Waals surface area contributed by atoms with Gasteiger partial charge in [-0.25, -0.2) is 9.97 Å². The fraction of sp³-hybridized carbons (Fsp3) is 0.348. The molecule has 2 fully saturated rings. The van der Waals surface area contributed by atoms with Crippen molar-refractivity contribution in [1.29, 1.82) is 0 Å². The lowest BCUT2D eigenvalue weighted by molar-refractivity contribution is -0.127. The summed E-state index contributed by atoms with van der Waals surface area (Å²) in [4.78, 5) is 32.1. The minimum Gasteiger partial charge on any atom is -0.365 e. The van der Waals surface area contributed by atoms with E-state index in [1.54, 1.807) is 18.9 Å². The first-order chi connectivity index (χ1) is 16.2. The van der Waals surface area contributed by atoms with Crippen LogP contribution in [-0.4, -0.2) is 59.0 Å². The molecule has 1 saturated heterocycles. The number of likely N-dealkylation sites (tertiary alicyclic amines) is 1. The molecule has 0 atom stereocenters. The molecule has 2 aliphatic rings. The zero-order valence-corrected chi connectivity index (χ0v) is 18.2. The van der Waals surface area contributed by atoms with Gasteiger partial charge in [0.2, 0.25) is 11.9 Å². The van der Waals surface area contributed by atoms with Crippen molar-refractivity contribution in [2.24, 2.45) is 0 Å². The fourth-order valence-corrected chi connectivity index (χ4v) is 4.11. The molecule has 3 aromatic heterocycles. The average Bonchev–Trinajstić information content (AvgIpc) is 3.19. The molecule has 0 radical (unpaired) electrons. The number of carbonyl (C=O) groups excluding carboxylic acids is 1. The van der Waals surface area contributed by atoms with Crippen LogP contribution in [0.2, 0.25) is 0 Å². The second kappa shape index (κ2) is 8.19. The standard InChI is InChI=1S/C23H25N9O/c33-19-2-1-10-30(19)12-13-32-15-25-20-21(26-16-3-4-16)28-23(29-22(20)32)27-17-5-7-18(8-6-17)31-11-9-24-14-31/h5-9,11,14-16H,1-4,10,12-13H2,(H2,26,27,28,29). The van der Waals surface area contributed by atoms with Gasteiger partial charge in [-0.15, -0.1) is 0 Å². The van der Waals surface area contributed by atoms with Gasteiger partial charge in [-0.1, -0.05) is 0 Å². The van der Waals surface area contributed by atoms with Crippen LogP contribution in [0.3, 0.4) is 0 Å². The Morgan fingerprint density at radius 1 is 1.06 bits per heavy atom. The van der Waals surface area contributed by atoms with Gasteiger partial charge in [-0.3, -0.25) is 4.79 Å². The van der Waals surface area contributed by atoms with Gasteiger partial charge in [0.1, 0.15) is 0 Å². The van der Waals surface area contributed by atoms with Crippen LogP contribution >= 0.6 is 0 Å². The van der Waals surface area contributed by atoms with Gasteiger partial charge < -0.3 is 24.7 Å². The number of benzene rings is 1. The highest BCUT2D eigenvalue weighted by Gasteiger charge is 2.25. The monoisotopic (exact) mass is 443 g/mol. The van der Waals surface area contributed by atoms with E-state index < -0.39 is 0 Å². The van der Waals surface area contributed by atoms with E-state index in [1.807, 2.05) is 44.5 Å². The van der Waals surface area contributed by atoms with E-state index >= 15 is 0 Å². The molecule has 1 aliphatic heterocycles. The molecule has 168 valence electrons. The van der Waals surface area contributed by atoms with Gasteiger partial charge in [0.15, 0.2) is 17.0 Å². The number of rotatable bonds is 8. The van der Waals surface area contributed by atoms with Crippen molar-refractivity contribution >= 4 is 34.5 Å². The van der Waals surface area contributed by atoms with Crippen molar-refractivity contribution in [3.8, 4) is 5.69 Å². The Morgan fingerprint density at radius 2 is 1.94 bits per heavy atom. The predicted octanol–water partition coefficient (Wildman–Crippen LogP) is 2.95. The normalized spacial score (nSPS) is 16.0. The number of nitrogens with one attached hydrogen (secondary N) is 2. The summed E-state index contributed by atoms with van der Waals surface area (Å²) in [6.07, 6.45) is 11.1. The molecule has 1 aliphatic carbocycles. The largest absolute Gasteiger partial charge is 0.365 e. The molecular formula is C23H25N9O. The van der Waals surface area contributed by atoms with Gasteiger partial charge in [0.25, 0.3) is 0 Å². The summed E-state index contributed by atoms with van der Waals surface area (Å²) in [5.41, 5.74) is 3.44. The number of amides is 1. The van der Waals surface area contributed by atoms with Crippen LogP contribution in [0.15, 0.2) is 49.3 Å². The summed E-state index contributed by atoms with van der Waals surface area (Å²) >= 11 is 0.